The summed E-state index contributed by atoms with van der Waals surface area (Å²) in [5.41, 5.74) is 8.34. The molecule has 1 fully saturated rings. The van der Waals surface area contributed by atoms with E-state index in [0.717, 1.165) is 25.1 Å². The maximum Gasteiger partial charge on any atom is 0.237 e. The first-order valence-corrected chi connectivity index (χ1v) is 8.12. The molecule has 25 heavy (non-hydrogen) atoms. The van der Waals surface area contributed by atoms with Crippen LogP contribution in [0.15, 0.2) is 60.7 Å². The lowest BCUT2D eigenvalue weighted by Crippen LogP contribution is -2.47. The first kappa shape index (κ1) is 21.3. The van der Waals surface area contributed by atoms with E-state index < -0.39 is 6.04 Å². The van der Waals surface area contributed by atoms with Crippen molar-refractivity contribution in [3.8, 4) is 0 Å². The van der Waals surface area contributed by atoms with Crippen LogP contribution in [0.25, 0.3) is 0 Å². The van der Waals surface area contributed by atoms with Crippen molar-refractivity contribution in [2.75, 3.05) is 18.0 Å². The van der Waals surface area contributed by atoms with Gasteiger partial charge in [-0.25, -0.2) is 0 Å². The van der Waals surface area contributed by atoms with Gasteiger partial charge < -0.3 is 16.0 Å². The highest BCUT2D eigenvalue weighted by molar-refractivity contribution is 5.85. The largest absolute Gasteiger partial charge is 0.369 e. The van der Waals surface area contributed by atoms with Gasteiger partial charge in [0.2, 0.25) is 5.91 Å². The van der Waals surface area contributed by atoms with Gasteiger partial charge in [-0.3, -0.25) is 4.79 Å². The van der Waals surface area contributed by atoms with E-state index in [0.29, 0.717) is 6.42 Å². The van der Waals surface area contributed by atoms with E-state index in [1.54, 1.807) is 0 Å². The zero-order valence-corrected chi connectivity index (χ0v) is 15.6. The number of benzene rings is 2. The monoisotopic (exact) mass is 381 g/mol. The summed E-state index contributed by atoms with van der Waals surface area (Å²) in [6, 6.07) is 19.9. The number of nitrogens with two attached hydrogens (primary N) is 1. The van der Waals surface area contributed by atoms with Crippen LogP contribution < -0.4 is 16.0 Å². The number of halogens is 2. The summed E-state index contributed by atoms with van der Waals surface area (Å²) in [6.07, 6.45) is 1.53. The van der Waals surface area contributed by atoms with Crippen LogP contribution in [0.5, 0.6) is 0 Å². The molecule has 2 atom stereocenters. The number of amides is 1. The minimum atomic E-state index is -0.497. The Morgan fingerprint density at radius 2 is 1.68 bits per heavy atom. The number of rotatable bonds is 5. The summed E-state index contributed by atoms with van der Waals surface area (Å²) in [5, 5.41) is 3.09. The molecule has 0 aromatic heterocycles. The second kappa shape index (κ2) is 10.3. The van der Waals surface area contributed by atoms with Gasteiger partial charge in [-0.15, -0.1) is 24.8 Å². The second-order valence-corrected chi connectivity index (χ2v) is 6.07. The van der Waals surface area contributed by atoms with Gasteiger partial charge in [0.25, 0.3) is 0 Å². The smallest absolute Gasteiger partial charge is 0.237 e. The van der Waals surface area contributed by atoms with E-state index >= 15 is 0 Å². The Morgan fingerprint density at radius 1 is 1.08 bits per heavy atom. The topological polar surface area (TPSA) is 58.4 Å². The molecule has 1 heterocycles. The number of para-hydroxylation sites is 1. The van der Waals surface area contributed by atoms with E-state index in [2.05, 4.69) is 22.3 Å². The van der Waals surface area contributed by atoms with Gasteiger partial charge >= 0.3 is 0 Å². The quantitative estimate of drug-likeness (QED) is 0.836. The number of hydrogen-bond donors (Lipinski definition) is 2. The third-order valence-corrected chi connectivity index (χ3v) is 4.29. The summed E-state index contributed by atoms with van der Waals surface area (Å²) < 4.78 is 0. The number of carbonyl (C=O) groups excluding carboxylic acids is 1. The Balaban J connectivity index is 0.00000156. The first-order valence-electron chi connectivity index (χ1n) is 8.12. The highest BCUT2D eigenvalue weighted by Crippen LogP contribution is 2.19. The van der Waals surface area contributed by atoms with Crippen LogP contribution in [0.1, 0.15) is 12.0 Å². The van der Waals surface area contributed by atoms with Gasteiger partial charge in [-0.1, -0.05) is 48.5 Å². The third kappa shape index (κ3) is 5.92. The van der Waals surface area contributed by atoms with Crippen molar-refractivity contribution < 1.29 is 4.79 Å². The van der Waals surface area contributed by atoms with Crippen LogP contribution >= 0.6 is 24.8 Å². The van der Waals surface area contributed by atoms with Gasteiger partial charge in [0, 0.05) is 24.8 Å². The average Bonchev–Trinajstić information content (AvgIpc) is 3.05. The second-order valence-electron chi connectivity index (χ2n) is 6.07. The first-order chi connectivity index (χ1) is 11.2. The molecule has 6 heteroatoms. The molecule has 0 saturated carbocycles. The fourth-order valence-electron chi connectivity index (χ4n) is 3.02. The fraction of sp³-hybridized carbons (Fsp3) is 0.316. The molecular weight excluding hydrogens is 357 g/mol. The fourth-order valence-corrected chi connectivity index (χ4v) is 3.02. The Morgan fingerprint density at radius 3 is 2.32 bits per heavy atom. The van der Waals surface area contributed by atoms with E-state index in [4.69, 9.17) is 5.73 Å². The lowest BCUT2D eigenvalue weighted by Gasteiger charge is -2.20. The number of carbonyl (C=O) groups is 1. The van der Waals surface area contributed by atoms with Crippen LogP contribution in [0, 0.1) is 0 Å². The zero-order chi connectivity index (χ0) is 16.1. The van der Waals surface area contributed by atoms with Crippen molar-refractivity contribution in [1.29, 1.82) is 0 Å². The van der Waals surface area contributed by atoms with Crippen LogP contribution in [0.4, 0.5) is 5.69 Å². The summed E-state index contributed by atoms with van der Waals surface area (Å²) >= 11 is 0. The predicted molar refractivity (Wildman–Crippen MR) is 108 cm³/mol. The molecule has 0 radical (unpaired) electrons. The Labute approximate surface area is 161 Å². The highest BCUT2D eigenvalue weighted by atomic mass is 35.5. The molecule has 0 bridgehead atoms. The lowest BCUT2D eigenvalue weighted by molar-refractivity contribution is -0.122. The molecule has 3 rings (SSSR count). The molecule has 1 aliphatic heterocycles. The zero-order valence-electron chi connectivity index (χ0n) is 14.0. The minimum Gasteiger partial charge on any atom is -0.369 e. The van der Waals surface area contributed by atoms with Crippen molar-refractivity contribution in [2.24, 2.45) is 5.73 Å². The SMILES string of the molecule is Cl.Cl.NC(Cc1ccccc1)C(=O)NC1CCN(c2ccccc2)C1. The van der Waals surface area contributed by atoms with Crippen LogP contribution in [-0.2, 0) is 11.2 Å². The Bertz CT molecular complexity index is 640. The average molecular weight is 382 g/mol. The molecule has 2 aromatic rings. The number of nitrogens with one attached hydrogen (secondary N) is 1. The van der Waals surface area contributed by atoms with Crippen molar-refractivity contribution >= 4 is 36.4 Å². The van der Waals surface area contributed by atoms with E-state index in [1.165, 1.54) is 5.69 Å². The molecule has 0 aliphatic carbocycles. The number of hydrogen-bond acceptors (Lipinski definition) is 3. The molecule has 4 nitrogen and oxygen atoms in total. The molecule has 2 unspecified atom stereocenters. The van der Waals surface area contributed by atoms with Crippen molar-refractivity contribution in [1.82, 2.24) is 5.32 Å². The lowest BCUT2D eigenvalue weighted by atomic mass is 10.1. The van der Waals surface area contributed by atoms with Crippen molar-refractivity contribution in [3.05, 3.63) is 66.2 Å². The summed E-state index contributed by atoms with van der Waals surface area (Å²) in [4.78, 5) is 14.6. The number of nitrogens with zero attached hydrogens (tertiary/aromatic N) is 1. The van der Waals surface area contributed by atoms with Crippen molar-refractivity contribution in [2.45, 2.75) is 24.9 Å². The highest BCUT2D eigenvalue weighted by Gasteiger charge is 2.25. The Hall–Kier alpha value is -1.75. The van der Waals surface area contributed by atoms with Crippen LogP contribution in [0.3, 0.4) is 0 Å². The minimum absolute atomic E-state index is 0. The van der Waals surface area contributed by atoms with E-state index in [-0.39, 0.29) is 36.8 Å². The molecule has 1 aliphatic rings. The standard InChI is InChI=1S/C19H23N3O.2ClH/c20-18(13-15-7-3-1-4-8-15)19(23)21-16-11-12-22(14-16)17-9-5-2-6-10-17;;/h1-10,16,18H,11-14,20H2,(H,21,23);2*1H. The maximum atomic E-state index is 12.3. The molecular formula is C19H25Cl2N3O. The van der Waals surface area contributed by atoms with Crippen molar-refractivity contribution in [3.63, 3.8) is 0 Å². The summed E-state index contributed by atoms with van der Waals surface area (Å²) in [6.45, 7) is 1.80. The summed E-state index contributed by atoms with van der Waals surface area (Å²) in [5.74, 6) is -0.0613. The van der Waals surface area contributed by atoms with Gasteiger partial charge in [0.1, 0.15) is 0 Å². The maximum absolute atomic E-state index is 12.3. The van der Waals surface area contributed by atoms with Gasteiger partial charge in [0.15, 0.2) is 0 Å². The molecule has 3 N–H and O–H groups in total. The van der Waals surface area contributed by atoms with Gasteiger partial charge in [-0.05, 0) is 30.5 Å². The summed E-state index contributed by atoms with van der Waals surface area (Å²) in [7, 11) is 0. The van der Waals surface area contributed by atoms with Gasteiger partial charge in [0.05, 0.1) is 6.04 Å². The Kier molecular flexibility index (Phi) is 8.76. The third-order valence-electron chi connectivity index (χ3n) is 4.29. The molecule has 0 spiro atoms. The molecule has 1 amide bonds. The molecule has 136 valence electrons. The van der Waals surface area contributed by atoms with Gasteiger partial charge in [-0.2, -0.15) is 0 Å². The normalized spacial score (nSPS) is 17.2. The van der Waals surface area contributed by atoms with E-state index in [9.17, 15) is 4.79 Å². The predicted octanol–water partition coefficient (Wildman–Crippen LogP) is 2.80. The van der Waals surface area contributed by atoms with Crippen LogP contribution in [0.2, 0.25) is 0 Å². The molecule has 2 aromatic carbocycles. The van der Waals surface area contributed by atoms with Crippen LogP contribution in [-0.4, -0.2) is 31.1 Å². The number of anilines is 1. The van der Waals surface area contributed by atoms with E-state index in [1.807, 2.05) is 48.5 Å². The molecule has 1 saturated heterocycles.